The van der Waals surface area contributed by atoms with Gasteiger partial charge in [0.15, 0.2) is 0 Å². The van der Waals surface area contributed by atoms with Gasteiger partial charge in [-0.1, -0.05) is 24.3 Å². The van der Waals surface area contributed by atoms with Crippen LogP contribution < -0.4 is 0 Å². The Balaban J connectivity index is 0.000000437. The van der Waals surface area contributed by atoms with Gasteiger partial charge in [0.1, 0.15) is 0 Å². The van der Waals surface area contributed by atoms with Crippen LogP contribution in [-0.2, 0) is 25.1 Å². The number of nitrogens with zero attached hydrogens (tertiary/aromatic N) is 1. The number of hydrogen-bond donors (Lipinski definition) is 0. The van der Waals surface area contributed by atoms with E-state index in [4.69, 9.17) is 34.1 Å². The van der Waals surface area contributed by atoms with Gasteiger partial charge in [-0.25, -0.2) is 0 Å². The van der Waals surface area contributed by atoms with Crippen LogP contribution in [0.15, 0.2) is 24.3 Å². The number of carbonyl (C=O) groups is 2. The van der Waals surface area contributed by atoms with E-state index < -0.39 is 15.5 Å². The van der Waals surface area contributed by atoms with Crippen molar-refractivity contribution >= 4 is 45.9 Å². The predicted molar refractivity (Wildman–Crippen MR) is 68.7 cm³/mol. The first-order chi connectivity index (χ1) is 7.63. The van der Waals surface area contributed by atoms with Crippen LogP contribution in [0.4, 0.5) is 0 Å². The summed E-state index contributed by atoms with van der Waals surface area (Å²) < 4.78 is 0. The SMILES string of the molecule is CC(=O)N(C(C)=O)C1C=CC=C1.[Cl][Zr]([Cl])([Cl])[Cl]. The fourth-order valence-electron chi connectivity index (χ4n) is 1.23. The van der Waals surface area contributed by atoms with Gasteiger partial charge < -0.3 is 0 Å². The van der Waals surface area contributed by atoms with Gasteiger partial charge in [-0.05, 0) is 0 Å². The summed E-state index contributed by atoms with van der Waals surface area (Å²) in [5.74, 6) is -0.438. The van der Waals surface area contributed by atoms with Crippen molar-refractivity contribution in [3.63, 3.8) is 0 Å². The van der Waals surface area contributed by atoms with E-state index in [9.17, 15) is 9.59 Å². The Bertz CT molecular complexity index is 319. The molecule has 0 bridgehead atoms. The van der Waals surface area contributed by atoms with Crippen LogP contribution in [-0.4, -0.2) is 22.8 Å². The summed E-state index contributed by atoms with van der Waals surface area (Å²) in [6, 6.07) is -0.181. The average Bonchev–Trinajstić information content (AvgIpc) is 2.51. The summed E-state index contributed by atoms with van der Waals surface area (Å²) in [6.07, 6.45) is 7.26. The van der Waals surface area contributed by atoms with Crippen LogP contribution in [0.3, 0.4) is 0 Å². The number of hydrogen-bond acceptors (Lipinski definition) is 2. The van der Waals surface area contributed by atoms with Crippen molar-refractivity contribution in [2.45, 2.75) is 19.9 Å². The van der Waals surface area contributed by atoms with Crippen LogP contribution in [0.2, 0.25) is 0 Å². The molecule has 1 rings (SSSR count). The van der Waals surface area contributed by atoms with Gasteiger partial charge in [0.25, 0.3) is 0 Å². The zero-order chi connectivity index (χ0) is 13.6. The third kappa shape index (κ3) is 9.27. The van der Waals surface area contributed by atoms with Crippen LogP contribution in [0.1, 0.15) is 13.8 Å². The Labute approximate surface area is 119 Å². The summed E-state index contributed by atoms with van der Waals surface area (Å²) in [7, 11) is 20.1. The van der Waals surface area contributed by atoms with E-state index in [1.807, 2.05) is 24.3 Å². The summed E-state index contributed by atoms with van der Waals surface area (Å²) in [4.78, 5) is 23.2. The van der Waals surface area contributed by atoms with Crippen molar-refractivity contribution in [2.75, 3.05) is 0 Å². The molecular weight excluding hydrogens is 387 g/mol. The molecule has 0 atom stereocenters. The first-order valence-electron chi connectivity index (χ1n) is 4.54. The molecule has 0 aliphatic heterocycles. The monoisotopic (exact) mass is 395 g/mol. The molecule has 0 fully saturated rings. The van der Waals surface area contributed by atoms with Crippen LogP contribution in [0.5, 0.6) is 0 Å². The second-order valence-electron chi connectivity index (χ2n) is 3.10. The number of amides is 2. The Hall–Kier alpha value is 0.663. The zero-order valence-corrected chi connectivity index (χ0v) is 14.6. The molecule has 96 valence electrons. The normalized spacial score (nSPS) is 14.2. The third-order valence-electron chi connectivity index (χ3n) is 1.70. The van der Waals surface area contributed by atoms with E-state index in [1.165, 1.54) is 18.7 Å². The zero-order valence-electron chi connectivity index (χ0n) is 9.16. The van der Waals surface area contributed by atoms with Crippen molar-refractivity contribution in [2.24, 2.45) is 0 Å². The van der Waals surface area contributed by atoms with Crippen molar-refractivity contribution in [3.05, 3.63) is 24.3 Å². The second-order valence-corrected chi connectivity index (χ2v) is 25.5. The number of halogens is 4. The van der Waals surface area contributed by atoms with Gasteiger partial charge >= 0.3 is 49.5 Å². The number of allylic oxidation sites excluding steroid dienone is 2. The van der Waals surface area contributed by atoms with Crippen molar-refractivity contribution < 1.29 is 25.1 Å². The van der Waals surface area contributed by atoms with E-state index in [0.717, 1.165) is 0 Å². The summed E-state index contributed by atoms with van der Waals surface area (Å²) in [5, 5.41) is 0. The van der Waals surface area contributed by atoms with Gasteiger partial charge in [0, 0.05) is 13.8 Å². The maximum atomic E-state index is 11.0. The van der Waals surface area contributed by atoms with Gasteiger partial charge in [-0.3, -0.25) is 14.5 Å². The van der Waals surface area contributed by atoms with Gasteiger partial charge in [-0.15, -0.1) is 0 Å². The standard InChI is InChI=1S/C9H11NO2.4ClH.Zr/c1-7(11)10(8(2)12)9-5-3-4-6-9;;;;;/h3-6,9H,1-2H3;4*1H;/q;;;;;+4/p-4. The maximum absolute atomic E-state index is 11.0. The summed E-state index contributed by atoms with van der Waals surface area (Å²) >= 11 is -3.29. The molecule has 0 radical (unpaired) electrons. The Morgan fingerprint density at radius 3 is 1.53 bits per heavy atom. The van der Waals surface area contributed by atoms with Crippen LogP contribution in [0.25, 0.3) is 0 Å². The van der Waals surface area contributed by atoms with Crippen LogP contribution in [0, 0.1) is 0 Å². The molecule has 0 aromatic rings. The fourth-order valence-corrected chi connectivity index (χ4v) is 1.23. The Morgan fingerprint density at radius 2 is 1.29 bits per heavy atom. The Kier molecular flexibility index (Phi) is 8.27. The van der Waals surface area contributed by atoms with Crippen molar-refractivity contribution in [1.82, 2.24) is 4.90 Å². The van der Waals surface area contributed by atoms with E-state index >= 15 is 0 Å². The molecule has 0 aromatic heterocycles. The molecule has 0 heterocycles. The molecule has 0 N–H and O–H groups in total. The van der Waals surface area contributed by atoms with Crippen LogP contribution >= 0.6 is 34.1 Å². The van der Waals surface area contributed by atoms with Gasteiger partial charge in [0.2, 0.25) is 11.8 Å². The molecule has 0 saturated heterocycles. The van der Waals surface area contributed by atoms with Crippen molar-refractivity contribution in [1.29, 1.82) is 0 Å². The minimum absolute atomic E-state index is 0.181. The number of imide groups is 1. The first-order valence-corrected chi connectivity index (χ1v) is 17.2. The average molecular weight is 398 g/mol. The third-order valence-corrected chi connectivity index (χ3v) is 1.70. The van der Waals surface area contributed by atoms with E-state index in [1.54, 1.807) is 0 Å². The quantitative estimate of drug-likeness (QED) is 0.677. The number of rotatable bonds is 1. The van der Waals surface area contributed by atoms with Gasteiger partial charge in [0.05, 0.1) is 6.04 Å². The fraction of sp³-hybridized carbons (Fsp3) is 0.333. The molecule has 8 heteroatoms. The molecular formula is C9H11Cl4NO2Zr. The molecule has 0 spiro atoms. The van der Waals surface area contributed by atoms with E-state index in [0.29, 0.717) is 0 Å². The Morgan fingerprint density at radius 1 is 1.00 bits per heavy atom. The molecule has 3 nitrogen and oxygen atoms in total. The van der Waals surface area contributed by atoms with Crippen molar-refractivity contribution in [3.8, 4) is 0 Å². The van der Waals surface area contributed by atoms with Gasteiger partial charge in [-0.2, -0.15) is 0 Å². The molecule has 1 aliphatic carbocycles. The summed E-state index contributed by atoms with van der Waals surface area (Å²) in [6.45, 7) is 2.78. The molecule has 17 heavy (non-hydrogen) atoms. The topological polar surface area (TPSA) is 37.4 Å². The molecule has 2 amide bonds. The predicted octanol–water partition coefficient (Wildman–Crippen LogP) is 3.63. The summed E-state index contributed by atoms with van der Waals surface area (Å²) in [5.41, 5.74) is 0. The molecule has 0 unspecified atom stereocenters. The van der Waals surface area contributed by atoms with E-state index in [-0.39, 0.29) is 17.9 Å². The van der Waals surface area contributed by atoms with E-state index in [2.05, 4.69) is 0 Å². The molecule has 0 aromatic carbocycles. The first kappa shape index (κ1) is 17.7. The molecule has 1 aliphatic rings. The molecule has 0 saturated carbocycles. The second kappa shape index (κ2) is 7.96. The number of carbonyl (C=O) groups excluding carboxylic acids is 2. The minimum atomic E-state index is -3.29.